The normalized spacial score (nSPS) is 12.9. The van der Waals surface area contributed by atoms with E-state index in [0.717, 1.165) is 16.7 Å². The van der Waals surface area contributed by atoms with Gasteiger partial charge in [-0.15, -0.1) is 16.7 Å². The van der Waals surface area contributed by atoms with Crippen LogP contribution in [0.3, 0.4) is 0 Å². The molecule has 0 bridgehead atoms. The van der Waals surface area contributed by atoms with Crippen LogP contribution < -0.4 is 5.32 Å². The van der Waals surface area contributed by atoms with Crippen molar-refractivity contribution in [2.75, 3.05) is 17.7 Å². The molecule has 0 fully saturated rings. The van der Waals surface area contributed by atoms with Crippen LogP contribution >= 0.6 is 11.6 Å². The van der Waals surface area contributed by atoms with E-state index in [1.165, 1.54) is 0 Å². The zero-order valence-electron chi connectivity index (χ0n) is 8.89. The van der Waals surface area contributed by atoms with Crippen molar-refractivity contribution in [2.45, 2.75) is 6.10 Å². The topological polar surface area (TPSA) is 63.0 Å². The maximum absolute atomic E-state index is 9.31. The predicted molar refractivity (Wildman–Crippen MR) is 63.7 cm³/mol. The maximum atomic E-state index is 9.31. The van der Waals surface area contributed by atoms with Crippen LogP contribution in [0.1, 0.15) is 0 Å². The molecule has 0 aliphatic carbocycles. The third kappa shape index (κ3) is 2.25. The summed E-state index contributed by atoms with van der Waals surface area (Å²) < 4.78 is 1.72. The Labute approximate surface area is 98.0 Å². The summed E-state index contributed by atoms with van der Waals surface area (Å²) in [5.41, 5.74) is 2.70. The summed E-state index contributed by atoms with van der Waals surface area (Å²) in [5.74, 6) is 0.223. The van der Waals surface area contributed by atoms with Gasteiger partial charge in [0.1, 0.15) is 5.52 Å². The van der Waals surface area contributed by atoms with E-state index in [1.807, 2.05) is 25.2 Å². The second kappa shape index (κ2) is 4.67. The second-order valence-electron chi connectivity index (χ2n) is 3.61. The number of anilines is 1. The van der Waals surface area contributed by atoms with Crippen molar-refractivity contribution in [1.29, 1.82) is 0 Å². The van der Waals surface area contributed by atoms with E-state index in [1.54, 1.807) is 4.68 Å². The van der Waals surface area contributed by atoms with E-state index in [-0.39, 0.29) is 5.88 Å². The largest absolute Gasteiger partial charge is 0.390 e. The first-order valence-corrected chi connectivity index (χ1v) is 5.51. The minimum atomic E-state index is -0.542. The maximum Gasteiger partial charge on any atom is 0.115 e. The number of hydrogen-bond donors (Lipinski definition) is 2. The summed E-state index contributed by atoms with van der Waals surface area (Å²) in [7, 11) is 1.85. The van der Waals surface area contributed by atoms with E-state index >= 15 is 0 Å². The summed E-state index contributed by atoms with van der Waals surface area (Å²) in [6.45, 7) is 0.426. The highest BCUT2D eigenvalue weighted by Crippen LogP contribution is 2.16. The molecule has 1 aromatic carbocycles. The Bertz CT molecular complexity index is 485. The Balaban J connectivity index is 2.14. The predicted octanol–water partition coefficient (Wildman–Crippen LogP) is 0.980. The molecular weight excluding hydrogens is 228 g/mol. The number of aromatic nitrogens is 3. The van der Waals surface area contributed by atoms with Gasteiger partial charge in [-0.1, -0.05) is 5.21 Å². The van der Waals surface area contributed by atoms with Crippen LogP contribution in [0, 0.1) is 0 Å². The summed E-state index contributed by atoms with van der Waals surface area (Å²) >= 11 is 5.50. The molecule has 5 nitrogen and oxygen atoms in total. The Hall–Kier alpha value is -1.33. The van der Waals surface area contributed by atoms with E-state index in [4.69, 9.17) is 11.6 Å². The van der Waals surface area contributed by atoms with E-state index in [9.17, 15) is 5.11 Å². The van der Waals surface area contributed by atoms with Gasteiger partial charge in [-0.05, 0) is 18.2 Å². The standard InChI is InChI=1S/C10H13ClN4O/c1-15-10-3-2-7(4-9(10)13-14-15)12-6-8(16)5-11/h2-4,8,12,16H,5-6H2,1H3. The average molecular weight is 241 g/mol. The van der Waals surface area contributed by atoms with Crippen molar-refractivity contribution in [2.24, 2.45) is 7.05 Å². The lowest BCUT2D eigenvalue weighted by Crippen LogP contribution is -2.20. The number of aliphatic hydroxyl groups excluding tert-OH is 1. The molecule has 2 aromatic rings. The zero-order chi connectivity index (χ0) is 11.5. The zero-order valence-corrected chi connectivity index (χ0v) is 9.65. The lowest BCUT2D eigenvalue weighted by atomic mass is 10.2. The molecule has 0 saturated heterocycles. The van der Waals surface area contributed by atoms with Gasteiger partial charge in [-0.2, -0.15) is 0 Å². The lowest BCUT2D eigenvalue weighted by molar-refractivity contribution is 0.211. The fraction of sp³-hybridized carbons (Fsp3) is 0.400. The van der Waals surface area contributed by atoms with Crippen LogP contribution in [0.25, 0.3) is 11.0 Å². The van der Waals surface area contributed by atoms with Gasteiger partial charge in [-0.3, -0.25) is 0 Å². The molecule has 1 heterocycles. The molecule has 0 aliphatic heterocycles. The molecule has 1 atom stereocenters. The average Bonchev–Trinajstić information content (AvgIpc) is 2.67. The highest BCUT2D eigenvalue weighted by atomic mass is 35.5. The molecular formula is C10H13ClN4O. The van der Waals surface area contributed by atoms with E-state index in [2.05, 4.69) is 15.6 Å². The summed E-state index contributed by atoms with van der Waals surface area (Å²) in [4.78, 5) is 0. The fourth-order valence-electron chi connectivity index (χ4n) is 1.44. The fourth-order valence-corrected chi connectivity index (χ4v) is 1.55. The summed E-state index contributed by atoms with van der Waals surface area (Å²) in [6, 6.07) is 5.75. The molecule has 1 aromatic heterocycles. The van der Waals surface area contributed by atoms with E-state index in [0.29, 0.717) is 6.54 Å². The van der Waals surface area contributed by atoms with E-state index < -0.39 is 6.10 Å². The van der Waals surface area contributed by atoms with Crippen LogP contribution in [0.5, 0.6) is 0 Å². The van der Waals surface area contributed by atoms with Crippen molar-refractivity contribution < 1.29 is 5.11 Å². The Kier molecular flexibility index (Phi) is 3.26. The minimum Gasteiger partial charge on any atom is -0.390 e. The Morgan fingerprint density at radius 3 is 3.12 bits per heavy atom. The first-order valence-electron chi connectivity index (χ1n) is 4.98. The summed E-state index contributed by atoms with van der Waals surface area (Å²) in [5, 5.41) is 20.3. The third-order valence-corrected chi connectivity index (χ3v) is 2.69. The van der Waals surface area contributed by atoms with Gasteiger partial charge in [0.25, 0.3) is 0 Å². The van der Waals surface area contributed by atoms with Crippen molar-refractivity contribution in [3.63, 3.8) is 0 Å². The van der Waals surface area contributed by atoms with Gasteiger partial charge < -0.3 is 10.4 Å². The third-order valence-electron chi connectivity index (χ3n) is 2.33. The number of rotatable bonds is 4. The number of nitrogens with one attached hydrogen (secondary N) is 1. The van der Waals surface area contributed by atoms with Gasteiger partial charge in [0, 0.05) is 19.3 Å². The number of nitrogens with zero attached hydrogens (tertiary/aromatic N) is 3. The number of alkyl halides is 1. The number of hydrogen-bond acceptors (Lipinski definition) is 4. The lowest BCUT2D eigenvalue weighted by Gasteiger charge is -2.09. The monoisotopic (exact) mass is 240 g/mol. The van der Waals surface area contributed by atoms with Crippen molar-refractivity contribution in [1.82, 2.24) is 15.0 Å². The second-order valence-corrected chi connectivity index (χ2v) is 3.91. The van der Waals surface area contributed by atoms with Gasteiger partial charge in [0.15, 0.2) is 0 Å². The number of aryl methyl sites for hydroxylation is 1. The highest BCUT2D eigenvalue weighted by molar-refractivity contribution is 6.18. The van der Waals surface area contributed by atoms with Crippen LogP contribution in [0.2, 0.25) is 0 Å². The molecule has 1 unspecified atom stereocenters. The number of fused-ring (bicyclic) bond motifs is 1. The van der Waals surface area contributed by atoms with Crippen LogP contribution in [0.15, 0.2) is 18.2 Å². The van der Waals surface area contributed by atoms with Gasteiger partial charge in [0.2, 0.25) is 0 Å². The quantitative estimate of drug-likeness (QED) is 0.782. The van der Waals surface area contributed by atoms with Crippen LogP contribution in [-0.2, 0) is 7.05 Å². The highest BCUT2D eigenvalue weighted by Gasteiger charge is 2.04. The van der Waals surface area contributed by atoms with Crippen LogP contribution in [0.4, 0.5) is 5.69 Å². The number of halogens is 1. The number of benzene rings is 1. The molecule has 0 radical (unpaired) electrons. The SMILES string of the molecule is Cn1nnc2cc(NCC(O)CCl)ccc21. The number of aliphatic hydroxyl groups is 1. The molecule has 16 heavy (non-hydrogen) atoms. The van der Waals surface area contributed by atoms with Crippen molar-refractivity contribution in [3.8, 4) is 0 Å². The minimum absolute atomic E-state index is 0.223. The van der Waals surface area contributed by atoms with Gasteiger partial charge in [-0.25, -0.2) is 4.68 Å². The van der Waals surface area contributed by atoms with Gasteiger partial charge in [0.05, 0.1) is 17.5 Å². The molecule has 2 N–H and O–H groups in total. The molecule has 86 valence electrons. The molecule has 0 aliphatic rings. The van der Waals surface area contributed by atoms with Gasteiger partial charge >= 0.3 is 0 Å². The van der Waals surface area contributed by atoms with Crippen molar-refractivity contribution >= 4 is 28.3 Å². The first kappa shape index (κ1) is 11.2. The summed E-state index contributed by atoms with van der Waals surface area (Å²) in [6.07, 6.45) is -0.542. The van der Waals surface area contributed by atoms with Crippen molar-refractivity contribution in [3.05, 3.63) is 18.2 Å². The first-order chi connectivity index (χ1) is 7.70. The molecule has 2 rings (SSSR count). The molecule has 0 spiro atoms. The smallest absolute Gasteiger partial charge is 0.115 e. The van der Waals surface area contributed by atoms with Crippen LogP contribution in [-0.4, -0.2) is 38.6 Å². The Morgan fingerprint density at radius 1 is 1.56 bits per heavy atom. The molecule has 0 saturated carbocycles. The molecule has 0 amide bonds. The Morgan fingerprint density at radius 2 is 2.38 bits per heavy atom. The molecule has 6 heteroatoms.